The Bertz CT molecular complexity index is 771. The highest BCUT2D eigenvalue weighted by molar-refractivity contribution is 7.13. The summed E-state index contributed by atoms with van der Waals surface area (Å²) in [6.45, 7) is 4.30. The minimum absolute atomic E-state index is 0.0425. The van der Waals surface area contributed by atoms with Gasteiger partial charge in [-0.2, -0.15) is 4.37 Å². The summed E-state index contributed by atoms with van der Waals surface area (Å²) in [6, 6.07) is 0. The molecular formula is C11H10N4OS2. The molecule has 0 saturated heterocycles. The van der Waals surface area contributed by atoms with Crippen LogP contribution in [-0.2, 0) is 6.54 Å². The molecule has 3 heterocycles. The van der Waals surface area contributed by atoms with Crippen LogP contribution in [0.15, 0.2) is 17.3 Å². The molecule has 0 spiro atoms. The monoisotopic (exact) mass is 278 g/mol. The molecule has 0 aliphatic rings. The van der Waals surface area contributed by atoms with Crippen molar-refractivity contribution in [2.75, 3.05) is 0 Å². The van der Waals surface area contributed by atoms with Crippen molar-refractivity contribution in [2.24, 2.45) is 0 Å². The van der Waals surface area contributed by atoms with Gasteiger partial charge in [-0.3, -0.25) is 9.36 Å². The van der Waals surface area contributed by atoms with Gasteiger partial charge in [0.1, 0.15) is 5.01 Å². The zero-order valence-electron chi connectivity index (χ0n) is 9.88. The second kappa shape index (κ2) is 4.25. The van der Waals surface area contributed by atoms with Crippen molar-refractivity contribution < 1.29 is 0 Å². The molecule has 0 amide bonds. The zero-order valence-corrected chi connectivity index (χ0v) is 11.5. The average Bonchev–Trinajstić information content (AvgIpc) is 2.90. The van der Waals surface area contributed by atoms with Crippen LogP contribution in [0.1, 0.15) is 15.6 Å². The molecule has 3 rings (SSSR count). The third-order valence-electron chi connectivity index (χ3n) is 2.61. The van der Waals surface area contributed by atoms with Gasteiger partial charge in [0.05, 0.1) is 24.0 Å². The van der Waals surface area contributed by atoms with Gasteiger partial charge in [0.2, 0.25) is 0 Å². The second-order valence-corrected chi connectivity index (χ2v) is 6.06. The summed E-state index contributed by atoms with van der Waals surface area (Å²) in [4.78, 5) is 22.6. The van der Waals surface area contributed by atoms with E-state index in [1.807, 2.05) is 20.0 Å². The molecule has 0 fully saturated rings. The van der Waals surface area contributed by atoms with Gasteiger partial charge >= 0.3 is 0 Å². The van der Waals surface area contributed by atoms with Gasteiger partial charge in [-0.25, -0.2) is 9.97 Å². The van der Waals surface area contributed by atoms with Gasteiger partial charge < -0.3 is 0 Å². The molecule has 0 bridgehead atoms. The van der Waals surface area contributed by atoms with Crippen molar-refractivity contribution in [1.29, 1.82) is 0 Å². The van der Waals surface area contributed by atoms with Crippen molar-refractivity contribution in [3.63, 3.8) is 0 Å². The standard InChI is InChI=1S/C11H10N4OS2/c1-6-3-12-8(17-6)4-15-5-13-10-9(11(15)16)7(2)14-18-10/h3,5H,4H2,1-2H3. The largest absolute Gasteiger partial charge is 0.292 e. The molecule has 3 aromatic rings. The molecule has 7 heteroatoms. The number of aryl methyl sites for hydroxylation is 2. The van der Waals surface area contributed by atoms with E-state index in [0.717, 1.165) is 15.6 Å². The topological polar surface area (TPSA) is 60.7 Å². The minimum atomic E-state index is -0.0425. The van der Waals surface area contributed by atoms with Gasteiger partial charge in [-0.05, 0) is 25.4 Å². The summed E-state index contributed by atoms with van der Waals surface area (Å²) < 4.78 is 5.75. The Morgan fingerprint density at radius 1 is 1.33 bits per heavy atom. The maximum absolute atomic E-state index is 12.3. The first-order valence-corrected chi connectivity index (χ1v) is 6.97. The quantitative estimate of drug-likeness (QED) is 0.719. The number of thiazole rings is 1. The van der Waals surface area contributed by atoms with Crippen molar-refractivity contribution in [2.45, 2.75) is 20.4 Å². The fourth-order valence-corrected chi connectivity index (χ4v) is 3.26. The lowest BCUT2D eigenvalue weighted by Crippen LogP contribution is -2.20. The summed E-state index contributed by atoms with van der Waals surface area (Å²) in [7, 11) is 0. The van der Waals surface area contributed by atoms with Crippen LogP contribution >= 0.6 is 22.9 Å². The van der Waals surface area contributed by atoms with Crippen molar-refractivity contribution >= 4 is 33.1 Å². The highest BCUT2D eigenvalue weighted by Gasteiger charge is 2.11. The van der Waals surface area contributed by atoms with Crippen LogP contribution in [0.3, 0.4) is 0 Å². The lowest BCUT2D eigenvalue weighted by atomic mass is 10.3. The molecule has 0 saturated carbocycles. The van der Waals surface area contributed by atoms with E-state index in [1.165, 1.54) is 11.5 Å². The summed E-state index contributed by atoms with van der Waals surface area (Å²) >= 11 is 2.85. The molecule has 0 aromatic carbocycles. The van der Waals surface area contributed by atoms with Crippen LogP contribution < -0.4 is 5.56 Å². The van der Waals surface area contributed by atoms with Crippen LogP contribution in [0, 0.1) is 13.8 Å². The van der Waals surface area contributed by atoms with Gasteiger partial charge in [-0.1, -0.05) is 0 Å². The van der Waals surface area contributed by atoms with E-state index in [2.05, 4.69) is 14.3 Å². The molecule has 0 N–H and O–H groups in total. The van der Waals surface area contributed by atoms with Crippen LogP contribution in [0.5, 0.6) is 0 Å². The van der Waals surface area contributed by atoms with E-state index in [0.29, 0.717) is 16.8 Å². The fourth-order valence-electron chi connectivity index (χ4n) is 1.74. The number of hydrogen-bond donors (Lipinski definition) is 0. The smallest absolute Gasteiger partial charge is 0.264 e. The first-order valence-electron chi connectivity index (χ1n) is 5.38. The first-order chi connectivity index (χ1) is 8.65. The molecule has 0 unspecified atom stereocenters. The van der Waals surface area contributed by atoms with Crippen LogP contribution in [-0.4, -0.2) is 18.9 Å². The summed E-state index contributed by atoms with van der Waals surface area (Å²) in [5.74, 6) is 0. The number of fused-ring (bicyclic) bond motifs is 1. The van der Waals surface area contributed by atoms with E-state index in [1.54, 1.807) is 22.2 Å². The molecule has 3 aromatic heterocycles. The third-order valence-corrected chi connectivity index (χ3v) is 4.35. The molecule has 0 radical (unpaired) electrons. The Labute approximate surface area is 111 Å². The Balaban J connectivity index is 2.10. The van der Waals surface area contributed by atoms with E-state index in [-0.39, 0.29) is 5.56 Å². The van der Waals surface area contributed by atoms with E-state index in [4.69, 9.17) is 0 Å². The number of hydrogen-bond acceptors (Lipinski definition) is 6. The highest BCUT2D eigenvalue weighted by atomic mass is 32.1. The average molecular weight is 278 g/mol. The molecule has 92 valence electrons. The first kappa shape index (κ1) is 11.5. The minimum Gasteiger partial charge on any atom is -0.292 e. The normalized spacial score (nSPS) is 11.2. The maximum atomic E-state index is 12.3. The predicted molar refractivity (Wildman–Crippen MR) is 72.4 cm³/mol. The fraction of sp³-hybridized carbons (Fsp3) is 0.273. The van der Waals surface area contributed by atoms with Crippen LogP contribution in [0.4, 0.5) is 0 Å². The lowest BCUT2D eigenvalue weighted by molar-refractivity contribution is 0.743. The Kier molecular flexibility index (Phi) is 2.71. The van der Waals surface area contributed by atoms with Crippen LogP contribution in [0.2, 0.25) is 0 Å². The number of rotatable bonds is 2. The van der Waals surface area contributed by atoms with Gasteiger partial charge in [0.15, 0.2) is 4.83 Å². The van der Waals surface area contributed by atoms with Gasteiger partial charge in [0, 0.05) is 11.1 Å². The molecule has 0 atom stereocenters. The van der Waals surface area contributed by atoms with Crippen molar-refractivity contribution in [3.8, 4) is 0 Å². The SMILES string of the molecule is Cc1cnc(Cn2cnc3snc(C)c3c2=O)s1. The number of aromatic nitrogens is 4. The van der Waals surface area contributed by atoms with E-state index < -0.39 is 0 Å². The van der Waals surface area contributed by atoms with Gasteiger partial charge in [-0.15, -0.1) is 11.3 Å². The lowest BCUT2D eigenvalue weighted by Gasteiger charge is -2.01. The maximum Gasteiger partial charge on any atom is 0.264 e. The second-order valence-electron chi connectivity index (χ2n) is 3.99. The Hall–Kier alpha value is -1.60. The summed E-state index contributed by atoms with van der Waals surface area (Å²) in [5, 5.41) is 1.53. The van der Waals surface area contributed by atoms with Crippen LogP contribution in [0.25, 0.3) is 10.2 Å². The molecule has 18 heavy (non-hydrogen) atoms. The summed E-state index contributed by atoms with van der Waals surface area (Å²) in [6.07, 6.45) is 3.38. The van der Waals surface area contributed by atoms with Gasteiger partial charge in [0.25, 0.3) is 5.56 Å². The van der Waals surface area contributed by atoms with E-state index in [9.17, 15) is 4.79 Å². The van der Waals surface area contributed by atoms with Crippen molar-refractivity contribution in [1.82, 2.24) is 18.9 Å². The summed E-state index contributed by atoms with van der Waals surface area (Å²) in [5.41, 5.74) is 0.705. The molecule has 0 aliphatic heterocycles. The highest BCUT2D eigenvalue weighted by Crippen LogP contribution is 2.16. The zero-order chi connectivity index (χ0) is 12.7. The van der Waals surface area contributed by atoms with Crippen molar-refractivity contribution in [3.05, 3.63) is 38.5 Å². The molecule has 0 aliphatic carbocycles. The third kappa shape index (κ3) is 1.85. The molecular weight excluding hydrogens is 268 g/mol. The Morgan fingerprint density at radius 3 is 2.89 bits per heavy atom. The number of nitrogens with zero attached hydrogens (tertiary/aromatic N) is 4. The molecule has 5 nitrogen and oxygen atoms in total. The van der Waals surface area contributed by atoms with E-state index >= 15 is 0 Å². The predicted octanol–water partition coefficient (Wildman–Crippen LogP) is 1.97. The Morgan fingerprint density at radius 2 is 2.17 bits per heavy atom.